The van der Waals surface area contributed by atoms with Gasteiger partial charge >= 0.3 is 0 Å². The zero-order chi connectivity index (χ0) is 25.2. The number of hydrogen-bond acceptors (Lipinski definition) is 6. The molecule has 1 saturated carbocycles. The molecule has 1 saturated heterocycles. The highest BCUT2D eigenvalue weighted by atomic mass is 19.1. The minimum Gasteiger partial charge on any atom is -0.373 e. The summed E-state index contributed by atoms with van der Waals surface area (Å²) in [6.45, 7) is 1.67. The lowest BCUT2D eigenvalue weighted by atomic mass is 9.92. The minimum absolute atomic E-state index is 0.0232. The van der Waals surface area contributed by atoms with E-state index in [4.69, 9.17) is 7.48 Å². The van der Waals surface area contributed by atoms with E-state index in [1.54, 1.807) is 13.1 Å². The molecule has 1 aliphatic carbocycles. The second-order valence-corrected chi connectivity index (χ2v) is 8.99. The van der Waals surface area contributed by atoms with E-state index in [-0.39, 0.29) is 23.3 Å². The van der Waals surface area contributed by atoms with Crippen molar-refractivity contribution in [1.82, 2.24) is 29.7 Å². The average molecular weight is 465 g/mol. The molecule has 0 radical (unpaired) electrons. The Morgan fingerprint density at radius 2 is 1.88 bits per heavy atom. The van der Waals surface area contributed by atoms with Gasteiger partial charge in [0.05, 0.1) is 32.5 Å². The Hall–Kier alpha value is -3.33. The van der Waals surface area contributed by atoms with Gasteiger partial charge < -0.3 is 4.74 Å². The van der Waals surface area contributed by atoms with Crippen LogP contribution in [0.2, 0.25) is 0 Å². The Kier molecular flexibility index (Phi) is 4.57. The van der Waals surface area contributed by atoms with Crippen LogP contribution in [0.1, 0.15) is 69.3 Å². The van der Waals surface area contributed by atoms with E-state index in [2.05, 4.69) is 25.0 Å². The first-order valence-electron chi connectivity index (χ1n) is 12.4. The molecule has 2 atom stereocenters. The molecule has 7 nitrogen and oxygen atoms in total. The predicted molar refractivity (Wildman–Crippen MR) is 121 cm³/mol. The van der Waals surface area contributed by atoms with Crippen molar-refractivity contribution in [2.75, 3.05) is 6.56 Å². The first-order valence-corrected chi connectivity index (χ1v) is 11.4. The molecule has 1 aromatic carbocycles. The summed E-state index contributed by atoms with van der Waals surface area (Å²) in [5, 5.41) is 4.42. The molecule has 4 heterocycles. The van der Waals surface area contributed by atoms with Gasteiger partial charge in [-0.1, -0.05) is 0 Å². The van der Waals surface area contributed by atoms with Crippen molar-refractivity contribution in [2.45, 2.75) is 57.6 Å². The fourth-order valence-electron chi connectivity index (χ4n) is 4.28. The first-order chi connectivity index (χ1) is 17.2. The van der Waals surface area contributed by atoms with Gasteiger partial charge in [0.2, 0.25) is 0 Å². The molecule has 2 fully saturated rings. The van der Waals surface area contributed by atoms with E-state index in [0.717, 1.165) is 24.5 Å². The van der Waals surface area contributed by atoms with E-state index >= 15 is 0 Å². The Morgan fingerprint density at radius 3 is 2.68 bits per heavy atom. The van der Waals surface area contributed by atoms with Crippen molar-refractivity contribution < 1.29 is 16.3 Å². The lowest BCUT2D eigenvalue weighted by molar-refractivity contribution is 0.00396. The Morgan fingerprint density at radius 1 is 1.06 bits per heavy atom. The second kappa shape index (κ2) is 8.16. The summed E-state index contributed by atoms with van der Waals surface area (Å²) in [7, 11) is 0. The highest BCUT2D eigenvalue weighted by Gasteiger charge is 2.31. The Labute approximate surface area is 198 Å². The van der Waals surface area contributed by atoms with Crippen molar-refractivity contribution in [3.8, 4) is 11.3 Å². The smallest absolute Gasteiger partial charge is 0.182 e. The molecule has 0 N–H and O–H groups in total. The van der Waals surface area contributed by atoms with Gasteiger partial charge in [-0.15, -0.1) is 0 Å². The summed E-state index contributed by atoms with van der Waals surface area (Å²) in [4.78, 5) is 18.4. The maximum absolute atomic E-state index is 14.9. The molecular weight excluding hydrogens is 438 g/mol. The van der Waals surface area contributed by atoms with Crippen molar-refractivity contribution >= 4 is 11.2 Å². The summed E-state index contributed by atoms with van der Waals surface area (Å²) < 4.78 is 53.0. The summed E-state index contributed by atoms with van der Waals surface area (Å²) >= 11 is 0. The van der Waals surface area contributed by atoms with E-state index in [1.807, 2.05) is 17.8 Å². The van der Waals surface area contributed by atoms with Crippen LogP contribution in [0.15, 0.2) is 30.6 Å². The van der Waals surface area contributed by atoms with E-state index < -0.39 is 30.2 Å². The predicted octanol–water partition coefficient (Wildman–Crippen LogP) is 5.15. The highest BCUT2D eigenvalue weighted by molar-refractivity contribution is 5.87. The van der Waals surface area contributed by atoms with Crippen molar-refractivity contribution in [2.24, 2.45) is 0 Å². The zero-order valence-corrected chi connectivity index (χ0v) is 18.8. The van der Waals surface area contributed by atoms with Crippen LogP contribution in [-0.4, -0.2) is 36.3 Å². The molecule has 2 unspecified atom stereocenters. The van der Waals surface area contributed by atoms with Crippen LogP contribution in [0.4, 0.5) is 8.78 Å². The molecule has 2 aliphatic rings. The van der Waals surface area contributed by atoms with E-state index in [9.17, 15) is 8.78 Å². The monoisotopic (exact) mass is 464 g/mol. The van der Waals surface area contributed by atoms with Crippen LogP contribution in [0.5, 0.6) is 0 Å². The molecule has 0 amide bonds. The summed E-state index contributed by atoms with van der Waals surface area (Å²) in [5.41, 5.74) is 3.00. The van der Waals surface area contributed by atoms with Gasteiger partial charge in [0.25, 0.3) is 0 Å². The van der Waals surface area contributed by atoms with Gasteiger partial charge in [-0.3, -0.25) is 4.68 Å². The van der Waals surface area contributed by atoms with E-state index in [1.165, 1.54) is 12.1 Å². The molecule has 4 aromatic rings. The van der Waals surface area contributed by atoms with Gasteiger partial charge in [0.15, 0.2) is 5.65 Å². The fourth-order valence-corrected chi connectivity index (χ4v) is 4.28. The molecule has 3 aromatic heterocycles. The van der Waals surface area contributed by atoms with Crippen molar-refractivity contribution in [1.29, 1.82) is 0 Å². The third kappa shape index (κ3) is 3.83. The molecule has 9 heteroatoms. The number of benzene rings is 1. The maximum atomic E-state index is 14.9. The Bertz CT molecular complexity index is 1490. The number of rotatable bonds is 4. The number of aryl methyl sites for hydroxylation is 2. The lowest BCUT2D eigenvalue weighted by Crippen LogP contribution is -2.20. The second-order valence-electron chi connectivity index (χ2n) is 8.99. The van der Waals surface area contributed by atoms with Crippen LogP contribution in [-0.2, 0) is 4.74 Å². The number of fused-ring (bicyclic) bond motifs is 1. The number of nitrogens with zero attached hydrogens (tertiary/aromatic N) is 6. The third-order valence-corrected chi connectivity index (χ3v) is 6.48. The molecule has 1 aliphatic heterocycles. The topological polar surface area (TPSA) is 78.6 Å². The van der Waals surface area contributed by atoms with Crippen molar-refractivity contribution in [3.05, 3.63) is 65.0 Å². The fraction of sp³-hybridized carbons (Fsp3) is 0.400. The summed E-state index contributed by atoms with van der Waals surface area (Å²) in [6, 6.07) is 3.70. The van der Waals surface area contributed by atoms with Crippen LogP contribution in [0.25, 0.3) is 22.4 Å². The third-order valence-electron chi connectivity index (χ3n) is 6.48. The number of halogens is 2. The van der Waals surface area contributed by atoms with Crippen LogP contribution >= 0.6 is 0 Å². The minimum atomic E-state index is -1.93. The number of aromatic nitrogens is 6. The van der Waals surface area contributed by atoms with E-state index in [0.29, 0.717) is 35.2 Å². The molecular formula is C25H24F2N6O. The quantitative estimate of drug-likeness (QED) is 0.416. The SMILES string of the molecule is [2H]C1([2H])CC(c2nc(-c3ccc(F)cc3F)c3nc(C)c(C)nc3n2)CC(c2cnn(C3CC3)c2)O1. The van der Waals surface area contributed by atoms with Crippen LogP contribution < -0.4 is 0 Å². The highest BCUT2D eigenvalue weighted by Crippen LogP contribution is 2.40. The van der Waals surface area contributed by atoms with Crippen molar-refractivity contribution in [3.63, 3.8) is 0 Å². The number of ether oxygens (including phenoxy) is 1. The summed E-state index contributed by atoms with van der Waals surface area (Å²) in [6.07, 6.45) is 5.72. The molecule has 34 heavy (non-hydrogen) atoms. The summed E-state index contributed by atoms with van der Waals surface area (Å²) in [5.74, 6) is -1.57. The standard InChI is InChI=1S/C25H24F2N6O/c1-13-14(2)30-25-23(29-13)22(19-6-3-17(26)10-20(19)27)31-24(32-25)15-7-8-34-21(9-15)16-11-28-33(12-16)18-4-5-18/h3,6,10-12,15,18,21H,4-5,7-9H2,1-2H3/i8D2. The lowest BCUT2D eigenvalue weighted by Gasteiger charge is -2.28. The average Bonchev–Trinajstić information content (AvgIpc) is 3.55. The van der Waals surface area contributed by atoms with Gasteiger partial charge in [0.1, 0.15) is 28.7 Å². The normalized spacial score (nSPS) is 23.1. The van der Waals surface area contributed by atoms with Crippen LogP contribution in [0.3, 0.4) is 0 Å². The van der Waals surface area contributed by atoms with Gasteiger partial charge in [-0.2, -0.15) is 5.10 Å². The number of hydrogen-bond donors (Lipinski definition) is 0. The first kappa shape index (κ1) is 19.0. The van der Waals surface area contributed by atoms with Gasteiger partial charge in [0, 0.05) is 35.9 Å². The molecule has 6 rings (SSSR count). The van der Waals surface area contributed by atoms with Gasteiger partial charge in [-0.05, 0) is 51.7 Å². The van der Waals surface area contributed by atoms with Crippen LogP contribution in [0, 0.1) is 25.5 Å². The zero-order valence-electron chi connectivity index (χ0n) is 20.8. The molecule has 174 valence electrons. The largest absolute Gasteiger partial charge is 0.373 e. The maximum Gasteiger partial charge on any atom is 0.182 e. The Balaban J connectivity index is 1.45. The molecule has 0 bridgehead atoms. The molecule has 0 spiro atoms. The van der Waals surface area contributed by atoms with Gasteiger partial charge in [-0.25, -0.2) is 28.7 Å².